The largest absolute Gasteiger partial charge is 0.484 e. The van der Waals surface area contributed by atoms with Crippen LogP contribution in [-0.4, -0.2) is 67.0 Å². The first kappa shape index (κ1) is 22.5. The highest BCUT2D eigenvalue weighted by molar-refractivity contribution is 5.85. The van der Waals surface area contributed by atoms with Gasteiger partial charge in [0.1, 0.15) is 5.75 Å². The van der Waals surface area contributed by atoms with Crippen LogP contribution < -0.4 is 10.1 Å². The lowest BCUT2D eigenvalue weighted by Gasteiger charge is -2.36. The van der Waals surface area contributed by atoms with E-state index in [0.29, 0.717) is 24.9 Å². The number of amides is 2. The molecule has 0 saturated carbocycles. The van der Waals surface area contributed by atoms with Crippen molar-refractivity contribution >= 4 is 24.2 Å². The van der Waals surface area contributed by atoms with E-state index in [4.69, 9.17) is 4.74 Å². The number of piperidine rings is 1. The van der Waals surface area contributed by atoms with Crippen LogP contribution in [0.5, 0.6) is 5.75 Å². The lowest BCUT2D eigenvalue weighted by atomic mass is 9.94. The van der Waals surface area contributed by atoms with Gasteiger partial charge in [-0.3, -0.25) is 9.59 Å². The maximum atomic E-state index is 13.0. The monoisotopic (exact) mass is 409 g/mol. The number of para-hydroxylation sites is 1. The fourth-order valence-corrected chi connectivity index (χ4v) is 3.98. The van der Waals surface area contributed by atoms with Gasteiger partial charge in [-0.25, -0.2) is 0 Å². The summed E-state index contributed by atoms with van der Waals surface area (Å²) >= 11 is 0. The van der Waals surface area contributed by atoms with E-state index >= 15 is 0 Å². The van der Waals surface area contributed by atoms with E-state index in [1.54, 1.807) is 0 Å². The Morgan fingerprint density at radius 3 is 2.50 bits per heavy atom. The number of carbonyl (C=O) groups is 2. The number of hydrogen-bond acceptors (Lipinski definition) is 4. The molecule has 0 bridgehead atoms. The lowest BCUT2D eigenvalue weighted by molar-refractivity contribution is -0.143. The highest BCUT2D eigenvalue weighted by Crippen LogP contribution is 2.23. The Hall–Kier alpha value is -1.79. The molecule has 1 aromatic rings. The molecule has 2 fully saturated rings. The lowest BCUT2D eigenvalue weighted by Crippen LogP contribution is -2.49. The minimum atomic E-state index is -0.00448. The minimum absolute atomic E-state index is 0. The van der Waals surface area contributed by atoms with E-state index in [2.05, 4.69) is 17.1 Å². The topological polar surface area (TPSA) is 61.9 Å². The van der Waals surface area contributed by atoms with Gasteiger partial charge in [-0.2, -0.15) is 0 Å². The molecular formula is C21H32ClN3O3. The van der Waals surface area contributed by atoms with Crippen molar-refractivity contribution in [3.05, 3.63) is 30.3 Å². The van der Waals surface area contributed by atoms with Crippen LogP contribution in [0.1, 0.15) is 32.6 Å². The maximum absolute atomic E-state index is 13.0. The Balaban J connectivity index is 0.00000280. The maximum Gasteiger partial charge on any atom is 0.260 e. The summed E-state index contributed by atoms with van der Waals surface area (Å²) in [5.74, 6) is 1.01. The molecule has 0 radical (unpaired) electrons. The van der Waals surface area contributed by atoms with Crippen LogP contribution in [0.15, 0.2) is 30.3 Å². The van der Waals surface area contributed by atoms with Crippen molar-refractivity contribution in [1.82, 2.24) is 15.1 Å². The summed E-state index contributed by atoms with van der Waals surface area (Å²) in [5.41, 5.74) is 0. The van der Waals surface area contributed by atoms with Gasteiger partial charge >= 0.3 is 0 Å². The molecule has 0 aliphatic carbocycles. The van der Waals surface area contributed by atoms with E-state index < -0.39 is 0 Å². The van der Waals surface area contributed by atoms with Crippen LogP contribution in [0.2, 0.25) is 0 Å². The Morgan fingerprint density at radius 1 is 1.18 bits per heavy atom. The third kappa shape index (κ3) is 5.85. The summed E-state index contributed by atoms with van der Waals surface area (Å²) in [6, 6.07) is 9.71. The number of hydrogen-bond donors (Lipinski definition) is 1. The Labute approximate surface area is 174 Å². The summed E-state index contributed by atoms with van der Waals surface area (Å²) in [5, 5.41) is 3.36. The second kappa shape index (κ2) is 11.3. The summed E-state index contributed by atoms with van der Waals surface area (Å²) in [7, 11) is 0. The smallest absolute Gasteiger partial charge is 0.260 e. The van der Waals surface area contributed by atoms with Gasteiger partial charge in [0.15, 0.2) is 6.61 Å². The van der Waals surface area contributed by atoms with Gasteiger partial charge in [0, 0.05) is 38.1 Å². The summed E-state index contributed by atoms with van der Waals surface area (Å²) in [4.78, 5) is 29.3. The van der Waals surface area contributed by atoms with E-state index in [9.17, 15) is 9.59 Å². The third-order valence-electron chi connectivity index (χ3n) is 5.53. The van der Waals surface area contributed by atoms with Crippen LogP contribution >= 0.6 is 12.4 Å². The van der Waals surface area contributed by atoms with Crippen molar-refractivity contribution in [2.75, 3.05) is 39.3 Å². The van der Waals surface area contributed by atoms with Crippen molar-refractivity contribution in [1.29, 1.82) is 0 Å². The second-order valence-corrected chi connectivity index (χ2v) is 7.44. The van der Waals surface area contributed by atoms with E-state index in [0.717, 1.165) is 45.3 Å². The summed E-state index contributed by atoms with van der Waals surface area (Å²) in [6.45, 7) is 6.17. The number of nitrogens with zero attached hydrogens (tertiary/aromatic N) is 2. The Morgan fingerprint density at radius 2 is 1.89 bits per heavy atom. The number of benzene rings is 1. The zero-order valence-corrected chi connectivity index (χ0v) is 17.5. The fourth-order valence-electron chi connectivity index (χ4n) is 3.98. The molecule has 3 rings (SSSR count). The molecule has 2 aliphatic heterocycles. The van der Waals surface area contributed by atoms with Crippen molar-refractivity contribution in [3.8, 4) is 5.75 Å². The van der Waals surface area contributed by atoms with Gasteiger partial charge in [-0.05, 0) is 44.4 Å². The predicted molar refractivity (Wildman–Crippen MR) is 112 cm³/mol. The third-order valence-corrected chi connectivity index (χ3v) is 5.53. The number of halogens is 1. The van der Waals surface area contributed by atoms with Crippen LogP contribution in [0, 0.1) is 5.92 Å². The number of nitrogens with one attached hydrogen (secondary N) is 1. The van der Waals surface area contributed by atoms with Crippen molar-refractivity contribution < 1.29 is 14.3 Å². The molecule has 6 nitrogen and oxygen atoms in total. The number of likely N-dealkylation sites (tertiary alicyclic amines) is 1. The Kier molecular flexibility index (Phi) is 9.06. The molecule has 7 heteroatoms. The average Bonchev–Trinajstić information content (AvgIpc) is 3.25. The van der Waals surface area contributed by atoms with Crippen molar-refractivity contribution in [3.63, 3.8) is 0 Å². The van der Waals surface area contributed by atoms with Gasteiger partial charge in [0.2, 0.25) is 5.91 Å². The highest BCUT2D eigenvalue weighted by Gasteiger charge is 2.33. The van der Waals surface area contributed by atoms with Crippen molar-refractivity contribution in [2.24, 2.45) is 5.92 Å². The summed E-state index contributed by atoms with van der Waals surface area (Å²) < 4.78 is 5.56. The van der Waals surface area contributed by atoms with Crippen LogP contribution in [0.3, 0.4) is 0 Å². The number of carbonyl (C=O) groups excluding carboxylic acids is 2. The van der Waals surface area contributed by atoms with Crippen LogP contribution in [-0.2, 0) is 9.59 Å². The number of ether oxygens (including phenoxy) is 1. The van der Waals surface area contributed by atoms with Gasteiger partial charge < -0.3 is 19.9 Å². The van der Waals surface area contributed by atoms with Gasteiger partial charge in [0.25, 0.3) is 5.91 Å². The minimum Gasteiger partial charge on any atom is -0.484 e. The first-order valence-electron chi connectivity index (χ1n) is 10.2. The zero-order valence-electron chi connectivity index (χ0n) is 16.6. The number of rotatable bonds is 7. The molecule has 1 unspecified atom stereocenters. The summed E-state index contributed by atoms with van der Waals surface area (Å²) in [6.07, 6.45) is 3.52. The van der Waals surface area contributed by atoms with Crippen LogP contribution in [0.4, 0.5) is 0 Å². The fraction of sp³-hybridized carbons (Fsp3) is 0.619. The molecule has 2 saturated heterocycles. The van der Waals surface area contributed by atoms with E-state index in [1.807, 2.05) is 35.2 Å². The van der Waals surface area contributed by atoms with Gasteiger partial charge in [-0.15, -0.1) is 12.4 Å². The molecule has 156 valence electrons. The molecule has 2 amide bonds. The van der Waals surface area contributed by atoms with Crippen LogP contribution in [0.25, 0.3) is 0 Å². The molecule has 0 spiro atoms. The normalized spacial score (nSPS) is 19.8. The quantitative estimate of drug-likeness (QED) is 0.750. The standard InChI is InChI=1S/C21H31N3O3.ClH/c1-2-12-24(18-8-11-22-15-18)21(26)17-9-13-23(14-10-17)20(25)16-27-19-6-4-3-5-7-19;/h3-7,17-18,22H,2,8-16H2,1H3;1H. The molecular weight excluding hydrogens is 378 g/mol. The van der Waals surface area contributed by atoms with Crippen molar-refractivity contribution in [2.45, 2.75) is 38.6 Å². The van der Waals surface area contributed by atoms with E-state index in [1.165, 1.54) is 0 Å². The molecule has 2 aliphatic rings. The second-order valence-electron chi connectivity index (χ2n) is 7.44. The Bertz CT molecular complexity index is 615. The molecule has 0 aromatic heterocycles. The average molecular weight is 410 g/mol. The molecule has 1 N–H and O–H groups in total. The zero-order chi connectivity index (χ0) is 19.1. The molecule has 28 heavy (non-hydrogen) atoms. The first-order chi connectivity index (χ1) is 13.2. The first-order valence-corrected chi connectivity index (χ1v) is 10.2. The van der Waals surface area contributed by atoms with Gasteiger partial charge in [-0.1, -0.05) is 25.1 Å². The molecule has 2 heterocycles. The predicted octanol–water partition coefficient (Wildman–Crippen LogP) is 2.33. The SMILES string of the molecule is CCCN(C(=O)C1CCN(C(=O)COc2ccccc2)CC1)C1CCNC1.Cl. The highest BCUT2D eigenvalue weighted by atomic mass is 35.5. The molecule has 1 aromatic carbocycles. The molecule has 1 atom stereocenters. The van der Waals surface area contributed by atoms with Gasteiger partial charge in [0.05, 0.1) is 0 Å². The van der Waals surface area contributed by atoms with E-state index in [-0.39, 0.29) is 36.7 Å².